The number of nitrogens with one attached hydrogen (secondary N) is 2. The molecule has 0 radical (unpaired) electrons. The first-order chi connectivity index (χ1) is 14.8. The largest absolute Gasteiger partial charge is 0.368 e. The van der Waals surface area contributed by atoms with Gasteiger partial charge in [-0.2, -0.15) is 0 Å². The monoisotopic (exact) mass is 443 g/mol. The van der Waals surface area contributed by atoms with Crippen molar-refractivity contribution in [1.82, 2.24) is 15.1 Å². The summed E-state index contributed by atoms with van der Waals surface area (Å²) in [5, 5.41) is 7.60. The van der Waals surface area contributed by atoms with Crippen LogP contribution >= 0.6 is 11.3 Å². The number of carbonyl (C=O) groups is 3. The van der Waals surface area contributed by atoms with E-state index in [0.717, 1.165) is 18.8 Å². The van der Waals surface area contributed by atoms with Crippen LogP contribution in [0.25, 0.3) is 0 Å². The van der Waals surface area contributed by atoms with Crippen molar-refractivity contribution in [2.75, 3.05) is 50.0 Å². The van der Waals surface area contributed by atoms with Crippen LogP contribution in [0.4, 0.5) is 16.2 Å². The number of hydrogen-bond acceptors (Lipinski definition) is 5. The Morgan fingerprint density at radius 3 is 2.32 bits per heavy atom. The fourth-order valence-electron chi connectivity index (χ4n) is 3.34. The van der Waals surface area contributed by atoms with Crippen molar-refractivity contribution in [2.24, 2.45) is 0 Å². The predicted octanol–water partition coefficient (Wildman–Crippen LogP) is 2.70. The lowest BCUT2D eigenvalue weighted by Gasteiger charge is -2.36. The Kier molecular flexibility index (Phi) is 7.51. The van der Waals surface area contributed by atoms with Gasteiger partial charge < -0.3 is 25.3 Å². The van der Waals surface area contributed by atoms with E-state index in [2.05, 4.69) is 15.5 Å². The van der Waals surface area contributed by atoms with E-state index in [4.69, 9.17) is 0 Å². The number of thiophene rings is 1. The maximum absolute atomic E-state index is 12.3. The van der Waals surface area contributed by atoms with E-state index in [1.54, 1.807) is 13.1 Å². The van der Waals surface area contributed by atoms with E-state index in [-0.39, 0.29) is 30.4 Å². The number of anilines is 2. The zero-order valence-corrected chi connectivity index (χ0v) is 18.9. The fourth-order valence-corrected chi connectivity index (χ4v) is 4.06. The molecule has 1 aliphatic rings. The zero-order valence-electron chi connectivity index (χ0n) is 18.1. The van der Waals surface area contributed by atoms with E-state index < -0.39 is 0 Å². The number of rotatable bonds is 6. The van der Waals surface area contributed by atoms with Gasteiger partial charge in [0.2, 0.25) is 5.91 Å². The minimum Gasteiger partial charge on any atom is -0.368 e. The van der Waals surface area contributed by atoms with Gasteiger partial charge in [0.25, 0.3) is 5.91 Å². The lowest BCUT2D eigenvalue weighted by molar-refractivity contribution is -0.116. The van der Waals surface area contributed by atoms with E-state index in [0.29, 0.717) is 23.7 Å². The fraction of sp³-hybridized carbons (Fsp3) is 0.409. The highest BCUT2D eigenvalue weighted by Gasteiger charge is 2.21. The minimum absolute atomic E-state index is 0.0150. The van der Waals surface area contributed by atoms with Gasteiger partial charge in [-0.1, -0.05) is 6.07 Å². The molecule has 0 atom stereocenters. The van der Waals surface area contributed by atoms with Gasteiger partial charge in [-0.25, -0.2) is 4.79 Å². The molecule has 31 heavy (non-hydrogen) atoms. The summed E-state index contributed by atoms with van der Waals surface area (Å²) < 4.78 is 0. The highest BCUT2D eigenvalue weighted by molar-refractivity contribution is 7.12. The number of urea groups is 1. The summed E-state index contributed by atoms with van der Waals surface area (Å²) in [6.07, 6.45) is 0. The number of piperazine rings is 1. The average Bonchev–Trinajstić information content (AvgIpc) is 3.28. The second-order valence-corrected chi connectivity index (χ2v) is 8.76. The van der Waals surface area contributed by atoms with Crippen molar-refractivity contribution in [3.05, 3.63) is 46.7 Å². The van der Waals surface area contributed by atoms with E-state index in [9.17, 15) is 14.4 Å². The van der Waals surface area contributed by atoms with Gasteiger partial charge in [-0.3, -0.25) is 9.59 Å². The SMILES string of the molecule is CC(C)NC(=O)N1CCN(c2ccc(NC(=O)CN(C)C(=O)c3cccs3)cc2)CC1. The Bertz CT molecular complexity index is 890. The third-order valence-corrected chi connectivity index (χ3v) is 5.81. The molecule has 0 saturated carbocycles. The Morgan fingerprint density at radius 2 is 1.74 bits per heavy atom. The second-order valence-electron chi connectivity index (χ2n) is 7.81. The molecule has 2 heterocycles. The molecule has 1 saturated heterocycles. The average molecular weight is 444 g/mol. The van der Waals surface area contributed by atoms with Gasteiger partial charge in [0.15, 0.2) is 0 Å². The first-order valence-corrected chi connectivity index (χ1v) is 11.2. The number of hydrogen-bond donors (Lipinski definition) is 2. The quantitative estimate of drug-likeness (QED) is 0.719. The van der Waals surface area contributed by atoms with Crippen LogP contribution in [-0.4, -0.2) is 73.5 Å². The first kappa shape index (κ1) is 22.6. The number of nitrogens with zero attached hydrogens (tertiary/aromatic N) is 3. The number of benzene rings is 1. The maximum atomic E-state index is 12.3. The van der Waals surface area contributed by atoms with Crippen LogP contribution in [0, 0.1) is 0 Å². The molecule has 8 nitrogen and oxygen atoms in total. The van der Waals surface area contributed by atoms with Gasteiger partial charge in [0, 0.05) is 50.6 Å². The van der Waals surface area contributed by atoms with Gasteiger partial charge in [-0.15, -0.1) is 11.3 Å². The summed E-state index contributed by atoms with van der Waals surface area (Å²) in [5.74, 6) is -0.411. The first-order valence-electron chi connectivity index (χ1n) is 10.3. The van der Waals surface area contributed by atoms with Gasteiger partial charge in [-0.05, 0) is 49.6 Å². The van der Waals surface area contributed by atoms with Crippen LogP contribution < -0.4 is 15.5 Å². The molecule has 166 valence electrons. The summed E-state index contributed by atoms with van der Waals surface area (Å²) >= 11 is 1.36. The minimum atomic E-state index is -0.245. The summed E-state index contributed by atoms with van der Waals surface area (Å²) in [5.41, 5.74) is 1.73. The summed E-state index contributed by atoms with van der Waals surface area (Å²) in [4.78, 5) is 42.7. The molecule has 1 aliphatic heterocycles. The van der Waals surface area contributed by atoms with Gasteiger partial charge >= 0.3 is 6.03 Å². The molecule has 2 aromatic rings. The Hall–Kier alpha value is -3.07. The van der Waals surface area contributed by atoms with Crippen LogP contribution in [0.1, 0.15) is 23.5 Å². The Labute approximate surface area is 186 Å². The molecular formula is C22H29N5O3S. The van der Waals surface area contributed by atoms with Crippen molar-refractivity contribution in [3.63, 3.8) is 0 Å². The van der Waals surface area contributed by atoms with Crippen molar-refractivity contribution in [1.29, 1.82) is 0 Å². The lowest BCUT2D eigenvalue weighted by atomic mass is 10.2. The number of amides is 4. The highest BCUT2D eigenvalue weighted by Crippen LogP contribution is 2.20. The van der Waals surface area contributed by atoms with E-state index >= 15 is 0 Å². The van der Waals surface area contributed by atoms with Gasteiger partial charge in [0.05, 0.1) is 11.4 Å². The normalized spacial score (nSPS) is 13.8. The zero-order chi connectivity index (χ0) is 22.4. The second kappa shape index (κ2) is 10.3. The Morgan fingerprint density at radius 1 is 1.06 bits per heavy atom. The molecule has 3 rings (SSSR count). The third kappa shape index (κ3) is 6.21. The molecule has 1 aromatic heterocycles. The van der Waals surface area contributed by atoms with Crippen molar-refractivity contribution >= 4 is 40.6 Å². The standard InChI is InChI=1S/C22H29N5O3S/c1-16(2)23-22(30)27-12-10-26(11-13-27)18-8-6-17(7-9-18)24-20(28)15-25(3)21(29)19-5-4-14-31-19/h4-9,14,16H,10-13,15H2,1-3H3,(H,23,30)(H,24,28). The molecular weight excluding hydrogens is 414 g/mol. The van der Waals surface area contributed by atoms with E-state index in [1.807, 2.05) is 54.5 Å². The topological polar surface area (TPSA) is 85.0 Å². The summed E-state index contributed by atoms with van der Waals surface area (Å²) in [6.45, 7) is 6.74. The smallest absolute Gasteiger partial charge is 0.317 e. The highest BCUT2D eigenvalue weighted by atomic mass is 32.1. The van der Waals surface area contributed by atoms with Crippen LogP contribution in [0.15, 0.2) is 41.8 Å². The van der Waals surface area contributed by atoms with Crippen LogP contribution in [-0.2, 0) is 4.79 Å². The summed E-state index contributed by atoms with van der Waals surface area (Å²) in [6, 6.07) is 11.3. The number of carbonyl (C=O) groups excluding carboxylic acids is 3. The lowest BCUT2D eigenvalue weighted by Crippen LogP contribution is -2.52. The molecule has 2 N–H and O–H groups in total. The van der Waals surface area contributed by atoms with Crippen LogP contribution in [0.2, 0.25) is 0 Å². The van der Waals surface area contributed by atoms with Crippen LogP contribution in [0.3, 0.4) is 0 Å². The molecule has 9 heteroatoms. The predicted molar refractivity (Wildman–Crippen MR) is 124 cm³/mol. The van der Waals surface area contributed by atoms with Crippen LogP contribution in [0.5, 0.6) is 0 Å². The van der Waals surface area contributed by atoms with Crippen molar-refractivity contribution in [3.8, 4) is 0 Å². The summed E-state index contributed by atoms with van der Waals surface area (Å²) in [7, 11) is 1.62. The molecule has 0 spiro atoms. The molecule has 0 aliphatic carbocycles. The number of likely N-dealkylation sites (N-methyl/N-ethyl adjacent to an activating group) is 1. The van der Waals surface area contributed by atoms with Gasteiger partial charge in [0.1, 0.15) is 0 Å². The maximum Gasteiger partial charge on any atom is 0.317 e. The van der Waals surface area contributed by atoms with E-state index in [1.165, 1.54) is 16.2 Å². The van der Waals surface area contributed by atoms with Crippen molar-refractivity contribution in [2.45, 2.75) is 19.9 Å². The molecule has 1 aromatic carbocycles. The molecule has 0 bridgehead atoms. The molecule has 4 amide bonds. The van der Waals surface area contributed by atoms with Crippen molar-refractivity contribution < 1.29 is 14.4 Å². The molecule has 0 unspecified atom stereocenters. The Balaban J connectivity index is 1.47. The molecule has 1 fully saturated rings. The third-order valence-electron chi connectivity index (χ3n) is 4.95.